The summed E-state index contributed by atoms with van der Waals surface area (Å²) in [6.07, 6.45) is 8.27. The molecule has 0 heterocycles. The van der Waals surface area contributed by atoms with Crippen molar-refractivity contribution in [1.82, 2.24) is 10.4 Å². The van der Waals surface area contributed by atoms with Gasteiger partial charge in [0.15, 0.2) is 0 Å². The van der Waals surface area contributed by atoms with E-state index in [0.29, 0.717) is 10.8 Å². The molecule has 0 aromatic rings. The summed E-state index contributed by atoms with van der Waals surface area (Å²) >= 11 is 0. The van der Waals surface area contributed by atoms with Crippen LogP contribution in [0, 0.1) is 12.3 Å². The van der Waals surface area contributed by atoms with Gasteiger partial charge in [0.25, 0.3) is 0 Å². The number of rotatable bonds is 4. The van der Waals surface area contributed by atoms with Gasteiger partial charge in [-0.2, -0.15) is 5.12 Å². The van der Waals surface area contributed by atoms with Crippen LogP contribution in [0.5, 0.6) is 0 Å². The van der Waals surface area contributed by atoms with Crippen molar-refractivity contribution in [2.24, 2.45) is 0 Å². The van der Waals surface area contributed by atoms with Gasteiger partial charge < -0.3 is 5.32 Å². The molecule has 0 unspecified atom stereocenters. The topological polar surface area (TPSA) is 15.3 Å². The minimum absolute atomic E-state index is 0.458. The summed E-state index contributed by atoms with van der Waals surface area (Å²) in [6.45, 7) is 9.02. The molecule has 0 radical (unpaired) electrons. The van der Waals surface area contributed by atoms with Crippen LogP contribution in [-0.4, -0.2) is 10.7 Å². The van der Waals surface area contributed by atoms with Crippen molar-refractivity contribution >= 4 is 0 Å². The van der Waals surface area contributed by atoms with Crippen LogP contribution in [0.2, 0.25) is 0 Å². The van der Waals surface area contributed by atoms with E-state index in [0.717, 1.165) is 5.57 Å². The molecule has 0 bridgehead atoms. The Bertz CT molecular complexity index is 304. The summed E-state index contributed by atoms with van der Waals surface area (Å²) in [5.74, 6) is 2.56. The lowest BCUT2D eigenvalue weighted by Crippen LogP contribution is -2.34. The van der Waals surface area contributed by atoms with E-state index in [1.54, 1.807) is 13.1 Å². The first-order valence-corrected chi connectivity index (χ1v) is 4.81. The second kappa shape index (κ2) is 5.45. The van der Waals surface area contributed by atoms with E-state index in [2.05, 4.69) is 11.2 Å². The third-order valence-electron chi connectivity index (χ3n) is 1.71. The fraction of sp³-hybridized carbons (Fsp3) is 0.500. The summed E-state index contributed by atoms with van der Waals surface area (Å²) in [5, 5.41) is 3.52. The van der Waals surface area contributed by atoms with Crippen molar-refractivity contribution in [3.63, 3.8) is 0 Å². The van der Waals surface area contributed by atoms with Gasteiger partial charge in [0.05, 0.1) is 11.2 Å². The van der Waals surface area contributed by atoms with Crippen LogP contribution in [0.3, 0.4) is 0 Å². The third kappa shape index (κ3) is 5.79. The standard InChI is InChI=1S/C12H19FN2/c1-7-12(5,6)14-8-11(4)15(13)9-10(2)3/h1,8-9,14H,2-6H3/b11-8+. The highest BCUT2D eigenvalue weighted by atomic mass is 19.2. The van der Waals surface area contributed by atoms with Crippen molar-refractivity contribution in [2.75, 3.05) is 0 Å². The van der Waals surface area contributed by atoms with E-state index >= 15 is 0 Å². The van der Waals surface area contributed by atoms with Gasteiger partial charge in [-0.1, -0.05) is 16.0 Å². The number of hydrogen-bond donors (Lipinski definition) is 1. The van der Waals surface area contributed by atoms with E-state index in [4.69, 9.17) is 6.42 Å². The Morgan fingerprint density at radius 1 is 1.40 bits per heavy atom. The molecule has 0 aromatic heterocycles. The van der Waals surface area contributed by atoms with Crippen LogP contribution >= 0.6 is 0 Å². The smallest absolute Gasteiger partial charge is 0.0923 e. The molecule has 0 rings (SSSR count). The molecule has 0 aliphatic carbocycles. The molecule has 1 N–H and O–H groups in total. The molecule has 0 amide bonds. The van der Waals surface area contributed by atoms with Crippen LogP contribution in [0.15, 0.2) is 23.7 Å². The highest BCUT2D eigenvalue weighted by molar-refractivity contribution is 5.11. The Balaban J connectivity index is 4.47. The maximum absolute atomic E-state index is 13.3. The van der Waals surface area contributed by atoms with Crippen molar-refractivity contribution in [3.8, 4) is 12.3 Å². The van der Waals surface area contributed by atoms with Crippen molar-refractivity contribution in [2.45, 2.75) is 40.2 Å². The lowest BCUT2D eigenvalue weighted by Gasteiger charge is -2.19. The van der Waals surface area contributed by atoms with Crippen LogP contribution in [-0.2, 0) is 0 Å². The summed E-state index contributed by atoms with van der Waals surface area (Å²) in [6, 6.07) is 0. The minimum Gasteiger partial charge on any atom is -0.374 e. The zero-order chi connectivity index (χ0) is 12.1. The largest absolute Gasteiger partial charge is 0.374 e. The van der Waals surface area contributed by atoms with E-state index in [9.17, 15) is 4.48 Å². The van der Waals surface area contributed by atoms with Crippen LogP contribution in [0.1, 0.15) is 34.6 Å². The highest BCUT2D eigenvalue weighted by Crippen LogP contribution is 2.08. The predicted molar refractivity (Wildman–Crippen MR) is 62.2 cm³/mol. The van der Waals surface area contributed by atoms with Crippen LogP contribution in [0.25, 0.3) is 0 Å². The first-order valence-electron chi connectivity index (χ1n) is 4.81. The Kier molecular flexibility index (Phi) is 4.93. The average Bonchev–Trinajstić information content (AvgIpc) is 2.13. The van der Waals surface area contributed by atoms with Gasteiger partial charge in [-0.15, -0.1) is 6.42 Å². The van der Waals surface area contributed by atoms with E-state index in [1.807, 2.05) is 27.7 Å². The number of hydrogen-bond acceptors (Lipinski definition) is 2. The summed E-state index contributed by atoms with van der Waals surface area (Å²) in [7, 11) is 0. The van der Waals surface area contributed by atoms with Gasteiger partial charge in [-0.25, -0.2) is 0 Å². The second-order valence-electron chi connectivity index (χ2n) is 4.22. The molecule has 0 fully saturated rings. The molecule has 2 nitrogen and oxygen atoms in total. The Morgan fingerprint density at radius 2 is 1.93 bits per heavy atom. The molecule has 0 atom stereocenters. The molecule has 0 saturated carbocycles. The number of terminal acetylenes is 1. The Labute approximate surface area is 91.8 Å². The predicted octanol–water partition coefficient (Wildman–Crippen LogP) is 2.96. The number of halogens is 1. The summed E-state index contributed by atoms with van der Waals surface area (Å²) in [5.41, 5.74) is 0.883. The highest BCUT2D eigenvalue weighted by Gasteiger charge is 2.10. The molecule has 0 aliphatic heterocycles. The molecule has 0 aromatic carbocycles. The van der Waals surface area contributed by atoms with Gasteiger partial charge >= 0.3 is 0 Å². The third-order valence-corrected chi connectivity index (χ3v) is 1.71. The van der Waals surface area contributed by atoms with Crippen molar-refractivity contribution in [1.29, 1.82) is 0 Å². The number of nitrogens with one attached hydrogen (secondary N) is 1. The zero-order valence-electron chi connectivity index (χ0n) is 10.1. The van der Waals surface area contributed by atoms with E-state index in [1.165, 1.54) is 6.20 Å². The van der Waals surface area contributed by atoms with Gasteiger partial charge in [0, 0.05) is 12.4 Å². The van der Waals surface area contributed by atoms with Gasteiger partial charge in [0.1, 0.15) is 0 Å². The van der Waals surface area contributed by atoms with Crippen molar-refractivity contribution in [3.05, 3.63) is 23.7 Å². The molecule has 15 heavy (non-hydrogen) atoms. The van der Waals surface area contributed by atoms with Crippen LogP contribution < -0.4 is 5.32 Å². The Morgan fingerprint density at radius 3 is 2.33 bits per heavy atom. The number of nitrogens with zero attached hydrogens (tertiary/aromatic N) is 1. The zero-order valence-corrected chi connectivity index (χ0v) is 10.1. The first kappa shape index (κ1) is 13.6. The summed E-state index contributed by atoms with van der Waals surface area (Å²) < 4.78 is 13.3. The SMILES string of the molecule is C#CC(C)(C)N/C=C(\C)N(F)C=C(C)C. The Hall–Kier alpha value is -1.43. The molecule has 3 heteroatoms. The maximum atomic E-state index is 13.3. The molecule has 84 valence electrons. The minimum atomic E-state index is -0.465. The van der Waals surface area contributed by atoms with Crippen molar-refractivity contribution < 1.29 is 4.48 Å². The fourth-order valence-corrected chi connectivity index (χ4v) is 0.717. The quantitative estimate of drug-likeness (QED) is 0.567. The molecule has 0 aliphatic rings. The molecular weight excluding hydrogens is 191 g/mol. The average molecular weight is 210 g/mol. The van der Waals surface area contributed by atoms with E-state index in [-0.39, 0.29) is 0 Å². The first-order chi connectivity index (χ1) is 6.78. The molecule has 0 spiro atoms. The normalized spacial score (nSPS) is 11.7. The molecule has 0 saturated heterocycles. The second-order valence-corrected chi connectivity index (χ2v) is 4.22. The summed E-state index contributed by atoms with van der Waals surface area (Å²) in [4.78, 5) is 0. The van der Waals surface area contributed by atoms with E-state index < -0.39 is 5.54 Å². The monoisotopic (exact) mass is 210 g/mol. The van der Waals surface area contributed by atoms with Crippen LogP contribution in [0.4, 0.5) is 4.48 Å². The van der Waals surface area contributed by atoms with Gasteiger partial charge in [-0.3, -0.25) is 0 Å². The maximum Gasteiger partial charge on any atom is 0.0923 e. The lowest BCUT2D eigenvalue weighted by atomic mass is 10.1. The molecular formula is C12H19FN2. The van der Waals surface area contributed by atoms with Gasteiger partial charge in [0.2, 0.25) is 0 Å². The fourth-order valence-electron chi connectivity index (χ4n) is 0.717. The van der Waals surface area contributed by atoms with Gasteiger partial charge in [-0.05, 0) is 34.6 Å². The number of allylic oxidation sites excluding steroid dienone is 2. The lowest BCUT2D eigenvalue weighted by molar-refractivity contribution is 0.136.